The van der Waals surface area contributed by atoms with Crippen LogP contribution in [-0.4, -0.2) is 46.0 Å². The number of carbonyl (C=O) groups is 2. The van der Waals surface area contributed by atoms with Crippen LogP contribution in [-0.2, 0) is 0 Å². The van der Waals surface area contributed by atoms with Crippen molar-refractivity contribution >= 4 is 23.2 Å². The van der Waals surface area contributed by atoms with Crippen molar-refractivity contribution in [3.05, 3.63) is 58.1 Å². The number of rotatable bonds is 4. The normalized spacial score (nSPS) is 14.8. The Morgan fingerprint density at radius 3 is 2.50 bits per heavy atom. The van der Waals surface area contributed by atoms with E-state index >= 15 is 0 Å². The summed E-state index contributed by atoms with van der Waals surface area (Å²) in [5.74, 6) is 0.467. The number of nitrogens with zero attached hydrogens (tertiary/aromatic N) is 3. The Hall–Kier alpha value is -3.00. The van der Waals surface area contributed by atoms with Gasteiger partial charge in [0.15, 0.2) is 0 Å². The summed E-state index contributed by atoms with van der Waals surface area (Å²) in [6.07, 6.45) is 2.78. The lowest BCUT2D eigenvalue weighted by Gasteiger charge is -2.32. The predicted octanol–water partition coefficient (Wildman–Crippen LogP) is 3.14. The maximum absolute atomic E-state index is 12.7. The van der Waals surface area contributed by atoms with Crippen LogP contribution >= 0.6 is 11.3 Å². The van der Waals surface area contributed by atoms with Crippen LogP contribution in [0.25, 0.3) is 11.4 Å². The van der Waals surface area contributed by atoms with Crippen molar-refractivity contribution in [2.45, 2.75) is 25.8 Å². The summed E-state index contributed by atoms with van der Waals surface area (Å²) >= 11 is 1.50. The monoisotopic (exact) mass is 396 g/mol. The summed E-state index contributed by atoms with van der Waals surface area (Å²) in [5, 5.41) is 6.87. The highest BCUT2D eigenvalue weighted by Gasteiger charge is 2.25. The van der Waals surface area contributed by atoms with Crippen molar-refractivity contribution in [1.82, 2.24) is 20.4 Å². The van der Waals surface area contributed by atoms with Crippen molar-refractivity contribution in [3.63, 3.8) is 0 Å². The zero-order valence-corrected chi connectivity index (χ0v) is 16.2. The van der Waals surface area contributed by atoms with Crippen molar-refractivity contribution < 1.29 is 14.1 Å². The van der Waals surface area contributed by atoms with Crippen LogP contribution in [0.3, 0.4) is 0 Å². The van der Waals surface area contributed by atoms with Gasteiger partial charge in [-0.05, 0) is 44.0 Å². The van der Waals surface area contributed by atoms with Crippen LogP contribution in [0.5, 0.6) is 0 Å². The van der Waals surface area contributed by atoms with Gasteiger partial charge in [-0.15, -0.1) is 11.3 Å². The van der Waals surface area contributed by atoms with Crippen LogP contribution in [0, 0.1) is 6.92 Å². The largest absolute Gasteiger partial charge is 0.348 e. The molecule has 0 saturated carbocycles. The summed E-state index contributed by atoms with van der Waals surface area (Å²) in [5.41, 5.74) is 1.43. The van der Waals surface area contributed by atoms with E-state index < -0.39 is 0 Å². The smallest absolute Gasteiger partial charge is 0.261 e. The van der Waals surface area contributed by atoms with Gasteiger partial charge in [0.1, 0.15) is 0 Å². The molecule has 1 aliphatic heterocycles. The van der Waals surface area contributed by atoms with Gasteiger partial charge in [-0.2, -0.15) is 4.98 Å². The zero-order valence-electron chi connectivity index (χ0n) is 15.4. The Bertz CT molecular complexity index is 958. The molecule has 2 aromatic heterocycles. The summed E-state index contributed by atoms with van der Waals surface area (Å²) in [6.45, 7) is 3.24. The van der Waals surface area contributed by atoms with Crippen molar-refractivity contribution in [2.24, 2.45) is 0 Å². The highest BCUT2D eigenvalue weighted by atomic mass is 32.1. The Balaban J connectivity index is 1.32. The third-order valence-electron chi connectivity index (χ3n) is 4.83. The maximum Gasteiger partial charge on any atom is 0.261 e. The van der Waals surface area contributed by atoms with E-state index in [0.29, 0.717) is 24.5 Å². The van der Waals surface area contributed by atoms with Gasteiger partial charge in [0.2, 0.25) is 12.2 Å². The minimum Gasteiger partial charge on any atom is -0.348 e. The summed E-state index contributed by atoms with van der Waals surface area (Å²) < 4.78 is 4.74. The van der Waals surface area contributed by atoms with Gasteiger partial charge in [0.25, 0.3) is 11.8 Å². The van der Waals surface area contributed by atoms with E-state index in [2.05, 4.69) is 15.5 Å². The maximum atomic E-state index is 12.7. The first-order valence-electron chi connectivity index (χ1n) is 9.13. The molecule has 3 aromatic rings. The highest BCUT2D eigenvalue weighted by molar-refractivity contribution is 7.13. The molecule has 0 aliphatic carbocycles. The minimum absolute atomic E-state index is 0.00156. The molecule has 28 heavy (non-hydrogen) atoms. The van der Waals surface area contributed by atoms with Crippen LogP contribution in [0.4, 0.5) is 0 Å². The number of hydrogen-bond acceptors (Lipinski definition) is 6. The van der Waals surface area contributed by atoms with E-state index in [4.69, 9.17) is 4.52 Å². The number of thiophene rings is 1. The van der Waals surface area contributed by atoms with E-state index in [-0.39, 0.29) is 17.9 Å². The molecule has 3 heterocycles. The number of benzene rings is 1. The lowest BCUT2D eigenvalue weighted by Crippen LogP contribution is -2.46. The van der Waals surface area contributed by atoms with Crippen LogP contribution in [0.1, 0.15) is 37.7 Å². The second-order valence-electron chi connectivity index (χ2n) is 6.78. The Kier molecular flexibility index (Phi) is 5.21. The molecule has 0 spiro atoms. The summed E-state index contributed by atoms with van der Waals surface area (Å²) in [6, 6.07) is 11.1. The first-order valence-corrected chi connectivity index (χ1v) is 9.95. The van der Waals surface area contributed by atoms with Gasteiger partial charge in [-0.1, -0.05) is 17.3 Å². The van der Waals surface area contributed by atoms with Crippen molar-refractivity contribution in [2.75, 3.05) is 13.1 Å². The van der Waals surface area contributed by atoms with Gasteiger partial charge in [-0.25, -0.2) is 0 Å². The average Bonchev–Trinajstić information content (AvgIpc) is 3.40. The van der Waals surface area contributed by atoms with Crippen molar-refractivity contribution in [1.29, 1.82) is 0 Å². The molecule has 1 aromatic carbocycles. The number of likely N-dealkylation sites (tertiary alicyclic amines) is 1. The second kappa shape index (κ2) is 7.93. The van der Waals surface area contributed by atoms with Gasteiger partial charge in [0, 0.05) is 35.1 Å². The van der Waals surface area contributed by atoms with Gasteiger partial charge < -0.3 is 14.7 Å². The van der Waals surface area contributed by atoms with E-state index in [9.17, 15) is 9.59 Å². The fourth-order valence-corrected chi connectivity index (χ4v) is 4.05. The number of piperidine rings is 1. The number of aromatic nitrogens is 2. The number of nitrogens with one attached hydrogen (secondary N) is 1. The number of amides is 2. The Labute approximate surface area is 166 Å². The molecule has 144 valence electrons. The Morgan fingerprint density at radius 1 is 1.14 bits per heavy atom. The van der Waals surface area contributed by atoms with Crippen LogP contribution in [0.2, 0.25) is 0 Å². The number of aryl methyl sites for hydroxylation is 1. The first kappa shape index (κ1) is 18.4. The molecule has 1 saturated heterocycles. The molecule has 4 rings (SSSR count). The molecule has 0 atom stereocenters. The predicted molar refractivity (Wildman–Crippen MR) is 105 cm³/mol. The van der Waals surface area contributed by atoms with Gasteiger partial charge >= 0.3 is 0 Å². The quantitative estimate of drug-likeness (QED) is 0.732. The number of hydrogen-bond donors (Lipinski definition) is 1. The SMILES string of the molecule is Cc1ccc(C(=O)NC2CCN(C(=O)c3ccc(-c4ncon4)cc3)CC2)s1. The lowest BCUT2D eigenvalue weighted by molar-refractivity contribution is 0.0698. The molecule has 7 nitrogen and oxygen atoms in total. The molecule has 0 unspecified atom stereocenters. The molecule has 0 radical (unpaired) electrons. The molecule has 0 bridgehead atoms. The fourth-order valence-electron chi connectivity index (χ4n) is 3.28. The van der Waals surface area contributed by atoms with Crippen LogP contribution in [0.15, 0.2) is 47.3 Å². The van der Waals surface area contributed by atoms with Crippen LogP contribution < -0.4 is 5.32 Å². The first-order chi connectivity index (χ1) is 13.6. The average molecular weight is 396 g/mol. The zero-order chi connectivity index (χ0) is 19.5. The highest BCUT2D eigenvalue weighted by Crippen LogP contribution is 2.19. The van der Waals surface area contributed by atoms with Crippen molar-refractivity contribution in [3.8, 4) is 11.4 Å². The number of carbonyl (C=O) groups excluding carboxylic acids is 2. The minimum atomic E-state index is -0.0278. The Morgan fingerprint density at radius 2 is 1.89 bits per heavy atom. The second-order valence-corrected chi connectivity index (χ2v) is 8.07. The third kappa shape index (κ3) is 3.96. The lowest BCUT2D eigenvalue weighted by atomic mass is 10.0. The van der Waals surface area contributed by atoms with E-state index in [1.807, 2.05) is 36.1 Å². The topological polar surface area (TPSA) is 88.3 Å². The molecular weight excluding hydrogens is 376 g/mol. The van der Waals surface area contributed by atoms with E-state index in [1.165, 1.54) is 17.7 Å². The fraction of sp³-hybridized carbons (Fsp3) is 0.300. The molecule has 8 heteroatoms. The van der Waals surface area contributed by atoms with E-state index in [1.54, 1.807) is 12.1 Å². The molecule has 2 amide bonds. The molecule has 1 fully saturated rings. The summed E-state index contributed by atoms with van der Waals surface area (Å²) in [4.78, 5) is 32.7. The standard InChI is InChI=1S/C20H20N4O3S/c1-13-2-7-17(28-13)19(25)22-16-8-10-24(11-9-16)20(26)15-5-3-14(4-6-15)18-21-12-27-23-18/h2-7,12,16H,8-11H2,1H3,(H,22,25). The van der Waals surface area contributed by atoms with Gasteiger partial charge in [-0.3, -0.25) is 9.59 Å². The molecular formula is C20H20N4O3S. The molecule has 1 N–H and O–H groups in total. The van der Waals surface area contributed by atoms with E-state index in [0.717, 1.165) is 28.2 Å². The third-order valence-corrected chi connectivity index (χ3v) is 5.83. The summed E-state index contributed by atoms with van der Waals surface area (Å²) in [7, 11) is 0. The molecule has 1 aliphatic rings. The van der Waals surface area contributed by atoms with Gasteiger partial charge in [0.05, 0.1) is 4.88 Å².